The first-order valence-corrected chi connectivity index (χ1v) is 5.30. The van der Waals surface area contributed by atoms with E-state index in [0.717, 1.165) is 0 Å². The number of likely N-dealkylation sites (N-methyl/N-ethyl adjacent to an activating group) is 1. The highest BCUT2D eigenvalue weighted by Crippen LogP contribution is 2.25. The van der Waals surface area contributed by atoms with Crippen LogP contribution in [0, 0.1) is 10.1 Å². The first-order chi connectivity index (χ1) is 7.91. The average Bonchev–Trinajstić information content (AvgIpc) is 2.19. The zero-order valence-electron chi connectivity index (χ0n) is 9.96. The van der Waals surface area contributed by atoms with Crippen molar-refractivity contribution in [3.8, 4) is 0 Å². The largest absolute Gasteiger partial charge is 0.393 e. The van der Waals surface area contributed by atoms with Crippen LogP contribution in [0.2, 0.25) is 0 Å². The molecular formula is C11H17N3O3. The summed E-state index contributed by atoms with van der Waals surface area (Å²) < 4.78 is 0. The Kier molecular flexibility index (Phi) is 4.42. The van der Waals surface area contributed by atoms with Crippen molar-refractivity contribution in [1.29, 1.82) is 0 Å². The number of nitrogens with zero attached hydrogens (tertiary/aromatic N) is 2. The molecule has 0 aliphatic heterocycles. The number of aliphatic hydroxyl groups excluding tert-OH is 1. The summed E-state index contributed by atoms with van der Waals surface area (Å²) in [5.41, 5.74) is 6.54. The molecule has 0 saturated carbocycles. The molecule has 0 bridgehead atoms. The molecule has 1 aromatic carbocycles. The highest BCUT2D eigenvalue weighted by Gasteiger charge is 2.15. The number of para-hydroxylation sites is 1. The quantitative estimate of drug-likeness (QED) is 0.454. The fourth-order valence-corrected chi connectivity index (χ4v) is 1.70. The van der Waals surface area contributed by atoms with Crippen molar-refractivity contribution in [3.63, 3.8) is 0 Å². The second-order valence-electron chi connectivity index (χ2n) is 4.15. The Morgan fingerprint density at radius 1 is 1.59 bits per heavy atom. The fraction of sp³-hybridized carbons (Fsp3) is 0.455. The molecule has 0 aliphatic rings. The summed E-state index contributed by atoms with van der Waals surface area (Å²) in [5.74, 6) is 0. The third-order valence-corrected chi connectivity index (χ3v) is 2.39. The van der Waals surface area contributed by atoms with Gasteiger partial charge in [0.1, 0.15) is 5.69 Å². The first kappa shape index (κ1) is 13.4. The molecule has 1 atom stereocenters. The third-order valence-electron chi connectivity index (χ3n) is 2.39. The maximum atomic E-state index is 10.7. The number of rotatable bonds is 5. The average molecular weight is 239 g/mol. The number of nitrogens with two attached hydrogens (primary N) is 1. The maximum Gasteiger partial charge on any atom is 0.292 e. The molecule has 0 saturated heterocycles. The van der Waals surface area contributed by atoms with Gasteiger partial charge in [0.05, 0.1) is 11.0 Å². The van der Waals surface area contributed by atoms with Crippen LogP contribution in [-0.4, -0.2) is 34.6 Å². The molecule has 1 unspecified atom stereocenters. The lowest BCUT2D eigenvalue weighted by Gasteiger charge is -2.19. The number of nitrogen functional groups attached to an aromatic ring is 1. The lowest BCUT2D eigenvalue weighted by atomic mass is 10.1. The molecule has 6 heteroatoms. The van der Waals surface area contributed by atoms with E-state index in [1.165, 1.54) is 6.07 Å². The van der Waals surface area contributed by atoms with Gasteiger partial charge in [0.25, 0.3) is 5.69 Å². The Morgan fingerprint density at radius 2 is 2.24 bits per heavy atom. The Bertz CT molecular complexity index is 407. The van der Waals surface area contributed by atoms with Crippen LogP contribution in [0.4, 0.5) is 11.4 Å². The Hall–Kier alpha value is -1.66. The van der Waals surface area contributed by atoms with Crippen molar-refractivity contribution >= 4 is 11.4 Å². The molecule has 6 nitrogen and oxygen atoms in total. The molecule has 0 aromatic heterocycles. The van der Waals surface area contributed by atoms with Gasteiger partial charge < -0.3 is 10.8 Å². The van der Waals surface area contributed by atoms with E-state index in [9.17, 15) is 15.2 Å². The summed E-state index contributed by atoms with van der Waals surface area (Å²) in [6.45, 7) is 2.65. The number of nitro benzene ring substituents is 1. The van der Waals surface area contributed by atoms with Gasteiger partial charge in [-0.25, -0.2) is 0 Å². The van der Waals surface area contributed by atoms with Gasteiger partial charge in [0.15, 0.2) is 0 Å². The van der Waals surface area contributed by atoms with Gasteiger partial charge in [-0.1, -0.05) is 12.1 Å². The van der Waals surface area contributed by atoms with Crippen LogP contribution in [0.25, 0.3) is 0 Å². The van der Waals surface area contributed by atoms with E-state index < -0.39 is 11.0 Å². The molecule has 17 heavy (non-hydrogen) atoms. The van der Waals surface area contributed by atoms with Gasteiger partial charge in [-0.05, 0) is 19.5 Å². The molecule has 1 rings (SSSR count). The van der Waals surface area contributed by atoms with Crippen molar-refractivity contribution in [3.05, 3.63) is 33.9 Å². The van der Waals surface area contributed by atoms with Crippen molar-refractivity contribution in [2.75, 3.05) is 19.3 Å². The topological polar surface area (TPSA) is 92.6 Å². The first-order valence-electron chi connectivity index (χ1n) is 5.30. The molecule has 1 aromatic rings. The molecular weight excluding hydrogens is 222 g/mol. The highest BCUT2D eigenvalue weighted by atomic mass is 16.6. The zero-order chi connectivity index (χ0) is 13.0. The molecule has 0 radical (unpaired) electrons. The van der Waals surface area contributed by atoms with Gasteiger partial charge in [-0.2, -0.15) is 0 Å². The Balaban J connectivity index is 2.85. The van der Waals surface area contributed by atoms with E-state index in [-0.39, 0.29) is 11.4 Å². The summed E-state index contributed by atoms with van der Waals surface area (Å²) in [5, 5.41) is 19.9. The van der Waals surface area contributed by atoms with Crippen LogP contribution < -0.4 is 5.73 Å². The van der Waals surface area contributed by atoms with Gasteiger partial charge in [-0.3, -0.25) is 15.0 Å². The predicted octanol–water partition coefficient (Wildman–Crippen LogP) is 0.990. The van der Waals surface area contributed by atoms with Gasteiger partial charge in [-0.15, -0.1) is 0 Å². The number of anilines is 1. The summed E-state index contributed by atoms with van der Waals surface area (Å²) in [6, 6.07) is 4.74. The predicted molar refractivity (Wildman–Crippen MR) is 65.5 cm³/mol. The molecule has 0 heterocycles. The van der Waals surface area contributed by atoms with E-state index in [1.54, 1.807) is 19.1 Å². The lowest BCUT2D eigenvalue weighted by Crippen LogP contribution is -2.27. The summed E-state index contributed by atoms with van der Waals surface area (Å²) >= 11 is 0. The van der Waals surface area contributed by atoms with E-state index in [0.29, 0.717) is 18.7 Å². The van der Waals surface area contributed by atoms with Gasteiger partial charge >= 0.3 is 0 Å². The smallest absolute Gasteiger partial charge is 0.292 e. The number of aliphatic hydroxyl groups is 1. The van der Waals surface area contributed by atoms with E-state index >= 15 is 0 Å². The summed E-state index contributed by atoms with van der Waals surface area (Å²) in [4.78, 5) is 12.1. The molecule has 0 aliphatic carbocycles. The SMILES string of the molecule is CC(O)CN(C)Cc1cccc([N+](=O)[O-])c1N. The van der Waals surface area contributed by atoms with Crippen LogP contribution in [0.1, 0.15) is 12.5 Å². The number of nitro groups is 1. The monoisotopic (exact) mass is 239 g/mol. The third kappa shape index (κ3) is 3.69. The van der Waals surface area contributed by atoms with Crippen molar-refractivity contribution in [1.82, 2.24) is 4.90 Å². The second-order valence-corrected chi connectivity index (χ2v) is 4.15. The van der Waals surface area contributed by atoms with Crippen LogP contribution in [-0.2, 0) is 6.54 Å². The highest BCUT2D eigenvalue weighted by molar-refractivity contribution is 5.62. The van der Waals surface area contributed by atoms with Crippen molar-refractivity contribution < 1.29 is 10.0 Å². The van der Waals surface area contributed by atoms with E-state index in [4.69, 9.17) is 5.73 Å². The normalized spacial score (nSPS) is 12.7. The van der Waals surface area contributed by atoms with Crippen LogP contribution in [0.5, 0.6) is 0 Å². The minimum absolute atomic E-state index is 0.0760. The molecule has 0 amide bonds. The van der Waals surface area contributed by atoms with E-state index in [2.05, 4.69) is 0 Å². The standard InChI is InChI=1S/C11H17N3O3/c1-8(15)6-13(2)7-9-4-3-5-10(11(9)12)14(16)17/h3-5,8,15H,6-7,12H2,1-2H3. The summed E-state index contributed by atoms with van der Waals surface area (Å²) in [6.07, 6.45) is -0.445. The molecule has 0 spiro atoms. The minimum atomic E-state index is -0.493. The van der Waals surface area contributed by atoms with Crippen LogP contribution >= 0.6 is 0 Å². The Morgan fingerprint density at radius 3 is 2.76 bits per heavy atom. The Labute approximate surface area is 99.8 Å². The lowest BCUT2D eigenvalue weighted by molar-refractivity contribution is -0.384. The molecule has 94 valence electrons. The maximum absolute atomic E-state index is 10.7. The van der Waals surface area contributed by atoms with Crippen molar-refractivity contribution in [2.24, 2.45) is 0 Å². The fourth-order valence-electron chi connectivity index (χ4n) is 1.70. The summed E-state index contributed by atoms with van der Waals surface area (Å²) in [7, 11) is 1.82. The second kappa shape index (κ2) is 5.60. The number of benzene rings is 1. The van der Waals surface area contributed by atoms with Gasteiger partial charge in [0, 0.05) is 19.2 Å². The minimum Gasteiger partial charge on any atom is -0.393 e. The van der Waals surface area contributed by atoms with Crippen LogP contribution in [0.15, 0.2) is 18.2 Å². The van der Waals surface area contributed by atoms with Gasteiger partial charge in [0.2, 0.25) is 0 Å². The number of hydrogen-bond acceptors (Lipinski definition) is 5. The zero-order valence-corrected chi connectivity index (χ0v) is 9.96. The number of hydrogen-bond donors (Lipinski definition) is 2. The van der Waals surface area contributed by atoms with Crippen molar-refractivity contribution in [2.45, 2.75) is 19.6 Å². The molecule has 3 N–H and O–H groups in total. The molecule has 0 fully saturated rings. The van der Waals surface area contributed by atoms with Crippen LogP contribution in [0.3, 0.4) is 0 Å². The van der Waals surface area contributed by atoms with E-state index in [1.807, 2.05) is 11.9 Å².